The summed E-state index contributed by atoms with van der Waals surface area (Å²) in [5.41, 5.74) is -0.390. The number of hydrogen-bond acceptors (Lipinski definition) is 2. The van der Waals surface area contributed by atoms with Gasteiger partial charge in [0.05, 0.1) is 11.3 Å². The summed E-state index contributed by atoms with van der Waals surface area (Å²) in [6.07, 6.45) is 0. The van der Waals surface area contributed by atoms with Gasteiger partial charge in [-0.1, -0.05) is 38.4 Å². The Kier molecular flexibility index (Phi) is 3.54. The van der Waals surface area contributed by atoms with Gasteiger partial charge in [-0.05, 0) is 12.1 Å². The van der Waals surface area contributed by atoms with E-state index >= 15 is 0 Å². The lowest BCUT2D eigenvalue weighted by Crippen LogP contribution is -2.16. The molecule has 2 rings (SSSR count). The molecular weight excluding hydrogens is 270 g/mol. The fourth-order valence-electron chi connectivity index (χ4n) is 1.62. The molecule has 0 aliphatic rings. The zero-order valence-corrected chi connectivity index (χ0v) is 11.6. The van der Waals surface area contributed by atoms with Crippen LogP contribution in [-0.2, 0) is 5.41 Å². The van der Waals surface area contributed by atoms with Gasteiger partial charge >= 0.3 is 0 Å². The summed E-state index contributed by atoms with van der Waals surface area (Å²) in [7, 11) is 0. The highest BCUT2D eigenvalue weighted by molar-refractivity contribution is 6.29. The fraction of sp³-hybridized carbons (Fsp3) is 0.286. The van der Waals surface area contributed by atoms with Crippen LogP contribution in [0, 0.1) is 11.6 Å². The van der Waals surface area contributed by atoms with Crippen molar-refractivity contribution in [3.8, 4) is 11.3 Å². The number of rotatable bonds is 1. The fourth-order valence-corrected chi connectivity index (χ4v) is 1.81. The predicted octanol–water partition coefficient (Wildman–Crippen LogP) is 4.37. The quantitative estimate of drug-likeness (QED) is 0.726. The van der Waals surface area contributed by atoms with Crippen LogP contribution < -0.4 is 0 Å². The third kappa shape index (κ3) is 2.89. The van der Waals surface area contributed by atoms with Crippen molar-refractivity contribution in [2.45, 2.75) is 26.2 Å². The Bertz CT molecular complexity index is 601. The molecule has 1 aromatic carbocycles. The van der Waals surface area contributed by atoms with Crippen molar-refractivity contribution in [3.63, 3.8) is 0 Å². The third-order valence-corrected chi connectivity index (χ3v) is 2.78. The molecule has 0 bridgehead atoms. The molecule has 0 atom stereocenters. The van der Waals surface area contributed by atoms with Gasteiger partial charge in [-0.15, -0.1) is 0 Å². The summed E-state index contributed by atoms with van der Waals surface area (Å²) < 4.78 is 27.5. The van der Waals surface area contributed by atoms with E-state index in [9.17, 15) is 8.78 Å². The first-order valence-electron chi connectivity index (χ1n) is 5.78. The average Bonchev–Trinajstić information content (AvgIpc) is 2.26. The van der Waals surface area contributed by atoms with E-state index < -0.39 is 11.6 Å². The van der Waals surface area contributed by atoms with Gasteiger partial charge in [-0.25, -0.2) is 18.7 Å². The van der Waals surface area contributed by atoms with Crippen molar-refractivity contribution in [2.24, 2.45) is 0 Å². The highest BCUT2D eigenvalue weighted by Gasteiger charge is 2.21. The smallest absolute Gasteiger partial charge is 0.136 e. The molecule has 100 valence electrons. The largest absolute Gasteiger partial charge is 0.232 e. The number of hydrogen-bond donors (Lipinski definition) is 0. The zero-order chi connectivity index (χ0) is 14.2. The lowest BCUT2D eigenvalue weighted by molar-refractivity contribution is 0.544. The van der Waals surface area contributed by atoms with Crippen molar-refractivity contribution in [3.05, 3.63) is 46.9 Å². The second-order valence-electron chi connectivity index (χ2n) is 5.25. The van der Waals surface area contributed by atoms with Crippen LogP contribution in [0.1, 0.15) is 26.6 Å². The van der Waals surface area contributed by atoms with Crippen LogP contribution in [0.4, 0.5) is 8.78 Å². The molecule has 19 heavy (non-hydrogen) atoms. The van der Waals surface area contributed by atoms with Crippen molar-refractivity contribution < 1.29 is 8.78 Å². The molecule has 5 heteroatoms. The summed E-state index contributed by atoms with van der Waals surface area (Å²) in [5.74, 6) is -0.901. The molecule has 0 saturated carbocycles. The molecule has 0 aliphatic carbocycles. The summed E-state index contributed by atoms with van der Waals surface area (Å²) >= 11 is 5.91. The monoisotopic (exact) mass is 282 g/mol. The number of halogens is 3. The molecule has 2 aromatic rings. The normalized spacial score (nSPS) is 11.7. The van der Waals surface area contributed by atoms with E-state index in [1.165, 1.54) is 24.3 Å². The topological polar surface area (TPSA) is 25.8 Å². The third-order valence-electron chi connectivity index (χ3n) is 2.58. The van der Waals surface area contributed by atoms with Crippen LogP contribution in [0.25, 0.3) is 11.3 Å². The number of nitrogens with zero attached hydrogens (tertiary/aromatic N) is 2. The molecule has 1 heterocycles. The van der Waals surface area contributed by atoms with E-state index in [-0.39, 0.29) is 21.8 Å². The van der Waals surface area contributed by atoms with Crippen molar-refractivity contribution in [1.82, 2.24) is 9.97 Å². The number of benzene rings is 1. The van der Waals surface area contributed by atoms with E-state index in [1.807, 2.05) is 20.8 Å². The minimum Gasteiger partial charge on any atom is -0.232 e. The first kappa shape index (κ1) is 13.9. The second kappa shape index (κ2) is 4.85. The minimum absolute atomic E-state index is 0.153. The molecule has 0 radical (unpaired) electrons. The van der Waals surface area contributed by atoms with Crippen LogP contribution in [0.3, 0.4) is 0 Å². The molecule has 0 fully saturated rings. The average molecular weight is 283 g/mol. The highest BCUT2D eigenvalue weighted by atomic mass is 35.5. The molecule has 0 amide bonds. The SMILES string of the molecule is CC(C)(C)c1nc(Cl)cc(-c2c(F)cccc2F)n1. The van der Waals surface area contributed by atoms with Crippen LogP contribution in [-0.4, -0.2) is 9.97 Å². The molecule has 0 aliphatic heterocycles. The maximum atomic E-state index is 13.8. The molecular formula is C14H13ClF2N2. The maximum absolute atomic E-state index is 13.8. The Balaban J connectivity index is 2.67. The summed E-state index contributed by atoms with van der Waals surface area (Å²) in [5, 5.41) is 0.164. The van der Waals surface area contributed by atoms with E-state index in [0.717, 1.165) is 0 Å². The van der Waals surface area contributed by atoms with Gasteiger partial charge in [0.2, 0.25) is 0 Å². The minimum atomic E-state index is -0.672. The lowest BCUT2D eigenvalue weighted by Gasteiger charge is -2.17. The van der Waals surface area contributed by atoms with Gasteiger partial charge in [-0.2, -0.15) is 0 Å². The summed E-state index contributed by atoms with van der Waals surface area (Å²) in [6, 6.07) is 5.04. The molecule has 0 saturated heterocycles. The Morgan fingerprint density at radius 2 is 1.63 bits per heavy atom. The molecule has 1 aromatic heterocycles. The Morgan fingerprint density at radius 1 is 1.05 bits per heavy atom. The van der Waals surface area contributed by atoms with Crippen LogP contribution >= 0.6 is 11.6 Å². The van der Waals surface area contributed by atoms with E-state index in [1.54, 1.807) is 0 Å². The maximum Gasteiger partial charge on any atom is 0.136 e. The van der Waals surface area contributed by atoms with Gasteiger partial charge < -0.3 is 0 Å². The lowest BCUT2D eigenvalue weighted by atomic mass is 9.95. The highest BCUT2D eigenvalue weighted by Crippen LogP contribution is 2.28. The Hall–Kier alpha value is -1.55. The van der Waals surface area contributed by atoms with E-state index in [4.69, 9.17) is 11.6 Å². The number of aromatic nitrogens is 2. The summed E-state index contributed by atoms with van der Waals surface area (Å²) in [6.45, 7) is 5.71. The molecule has 0 unspecified atom stereocenters. The molecule has 0 N–H and O–H groups in total. The Labute approximate surface area is 115 Å². The van der Waals surface area contributed by atoms with Gasteiger partial charge in [0.1, 0.15) is 22.6 Å². The van der Waals surface area contributed by atoms with Gasteiger partial charge in [0.25, 0.3) is 0 Å². The Morgan fingerprint density at radius 3 is 2.16 bits per heavy atom. The molecule has 2 nitrogen and oxygen atoms in total. The van der Waals surface area contributed by atoms with E-state index in [0.29, 0.717) is 5.82 Å². The van der Waals surface area contributed by atoms with Crippen molar-refractivity contribution >= 4 is 11.6 Å². The standard InChI is InChI=1S/C14H13ClF2N2/c1-14(2,3)13-18-10(7-11(15)19-13)12-8(16)5-4-6-9(12)17/h4-7H,1-3H3. The van der Waals surface area contributed by atoms with Gasteiger partial charge in [-0.3, -0.25) is 0 Å². The van der Waals surface area contributed by atoms with Gasteiger partial charge in [0, 0.05) is 11.5 Å². The van der Waals surface area contributed by atoms with Gasteiger partial charge in [0.15, 0.2) is 0 Å². The van der Waals surface area contributed by atoms with Crippen molar-refractivity contribution in [1.29, 1.82) is 0 Å². The predicted molar refractivity (Wildman–Crippen MR) is 71.1 cm³/mol. The summed E-state index contributed by atoms with van der Waals surface area (Å²) in [4.78, 5) is 8.32. The molecule has 0 spiro atoms. The van der Waals surface area contributed by atoms with E-state index in [2.05, 4.69) is 9.97 Å². The van der Waals surface area contributed by atoms with Crippen LogP contribution in [0.5, 0.6) is 0 Å². The first-order valence-corrected chi connectivity index (χ1v) is 6.16. The van der Waals surface area contributed by atoms with Crippen molar-refractivity contribution in [2.75, 3.05) is 0 Å². The zero-order valence-electron chi connectivity index (χ0n) is 10.8. The van der Waals surface area contributed by atoms with Crippen LogP contribution in [0.15, 0.2) is 24.3 Å². The van der Waals surface area contributed by atoms with Crippen LogP contribution in [0.2, 0.25) is 5.15 Å². The first-order chi connectivity index (χ1) is 8.79. The second-order valence-corrected chi connectivity index (χ2v) is 5.63.